The second-order valence-electron chi connectivity index (χ2n) is 4.80. The normalized spacial score (nSPS) is 16.9. The predicted octanol–water partition coefficient (Wildman–Crippen LogP) is 2.51. The molecule has 0 saturated carbocycles. The first kappa shape index (κ1) is 15.2. The van der Waals surface area contributed by atoms with Crippen molar-refractivity contribution in [3.05, 3.63) is 51.1 Å². The fourth-order valence-corrected chi connectivity index (χ4v) is 3.53. The lowest BCUT2D eigenvalue weighted by Gasteiger charge is -2.23. The molecule has 0 radical (unpaired) electrons. The number of carbonyl (C=O) groups is 1. The molecule has 0 saturated heterocycles. The molecule has 1 amide bonds. The number of rotatable bonds is 2. The summed E-state index contributed by atoms with van der Waals surface area (Å²) in [5, 5.41) is 3.18. The highest BCUT2D eigenvalue weighted by Crippen LogP contribution is 2.26. The van der Waals surface area contributed by atoms with E-state index in [1.807, 2.05) is 0 Å². The van der Waals surface area contributed by atoms with E-state index in [9.17, 15) is 14.0 Å². The number of nitrogens with zero attached hydrogens (tertiary/aromatic N) is 2. The van der Waals surface area contributed by atoms with Crippen molar-refractivity contribution in [3.63, 3.8) is 0 Å². The molecule has 0 spiro atoms. The van der Waals surface area contributed by atoms with E-state index >= 15 is 0 Å². The van der Waals surface area contributed by atoms with Crippen LogP contribution in [0, 0.1) is 11.7 Å². The van der Waals surface area contributed by atoms with Gasteiger partial charge in [-0.15, -0.1) is 0 Å². The number of anilines is 1. The van der Waals surface area contributed by atoms with Crippen LogP contribution >= 0.6 is 27.7 Å². The molecular weight excluding hydrogens is 373 g/mol. The Bertz CT molecular complexity index is 796. The van der Waals surface area contributed by atoms with Crippen molar-refractivity contribution < 1.29 is 9.18 Å². The van der Waals surface area contributed by atoms with Crippen LogP contribution in [0.1, 0.15) is 0 Å². The molecular formula is C14H11BrFN3O2S. The third kappa shape index (κ3) is 3.07. The number of aromatic nitrogens is 2. The van der Waals surface area contributed by atoms with Gasteiger partial charge in [0.15, 0.2) is 5.16 Å². The maximum atomic E-state index is 13.8. The largest absolute Gasteiger partial charge is 0.323 e. The van der Waals surface area contributed by atoms with Crippen LogP contribution in [0.15, 0.2) is 44.9 Å². The topological polar surface area (TPSA) is 64.0 Å². The number of amides is 1. The Morgan fingerprint density at radius 1 is 1.45 bits per heavy atom. The zero-order valence-electron chi connectivity index (χ0n) is 11.3. The predicted molar refractivity (Wildman–Crippen MR) is 85.4 cm³/mol. The zero-order valence-corrected chi connectivity index (χ0v) is 13.7. The summed E-state index contributed by atoms with van der Waals surface area (Å²) in [6.07, 6.45) is 1.46. The summed E-state index contributed by atoms with van der Waals surface area (Å²) in [5.41, 5.74) is -0.0626. The summed E-state index contributed by atoms with van der Waals surface area (Å²) in [5.74, 6) is -0.733. The Morgan fingerprint density at radius 3 is 3.05 bits per heavy atom. The SMILES string of the molecule is O=C(Nc1ccc(Br)cc1F)[C@@H]1CSc2nccc(=O)n2C1. The van der Waals surface area contributed by atoms with Crippen LogP contribution in [0.4, 0.5) is 10.1 Å². The second-order valence-corrected chi connectivity index (χ2v) is 6.70. The van der Waals surface area contributed by atoms with Crippen LogP contribution in [-0.4, -0.2) is 21.2 Å². The first-order valence-corrected chi connectivity index (χ1v) is 8.27. The van der Waals surface area contributed by atoms with Gasteiger partial charge in [-0.05, 0) is 18.2 Å². The Kier molecular flexibility index (Phi) is 4.30. The van der Waals surface area contributed by atoms with E-state index < -0.39 is 11.7 Å². The molecule has 1 atom stereocenters. The van der Waals surface area contributed by atoms with Gasteiger partial charge in [0, 0.05) is 29.0 Å². The van der Waals surface area contributed by atoms with Gasteiger partial charge in [0.05, 0.1) is 11.6 Å². The lowest BCUT2D eigenvalue weighted by atomic mass is 10.1. The molecule has 0 bridgehead atoms. The highest BCUT2D eigenvalue weighted by molar-refractivity contribution is 9.10. The average Bonchev–Trinajstić information content (AvgIpc) is 2.50. The van der Waals surface area contributed by atoms with Crippen molar-refractivity contribution in [1.82, 2.24) is 9.55 Å². The first-order valence-electron chi connectivity index (χ1n) is 6.49. The van der Waals surface area contributed by atoms with Crippen molar-refractivity contribution in [3.8, 4) is 0 Å². The Morgan fingerprint density at radius 2 is 2.27 bits per heavy atom. The van der Waals surface area contributed by atoms with Gasteiger partial charge in [-0.3, -0.25) is 14.2 Å². The number of fused-ring (bicyclic) bond motifs is 1. The zero-order chi connectivity index (χ0) is 15.7. The molecule has 1 aromatic heterocycles. The van der Waals surface area contributed by atoms with Crippen LogP contribution < -0.4 is 10.9 Å². The summed E-state index contributed by atoms with van der Waals surface area (Å²) >= 11 is 4.51. The van der Waals surface area contributed by atoms with Crippen LogP contribution in [0.2, 0.25) is 0 Å². The van der Waals surface area contributed by atoms with Crippen molar-refractivity contribution in [2.45, 2.75) is 11.7 Å². The third-order valence-corrected chi connectivity index (χ3v) is 4.92. The number of thioether (sulfide) groups is 1. The Labute approximate surface area is 138 Å². The third-order valence-electron chi connectivity index (χ3n) is 3.28. The van der Waals surface area contributed by atoms with Crippen molar-refractivity contribution in [2.24, 2.45) is 5.92 Å². The van der Waals surface area contributed by atoms with E-state index in [0.29, 0.717) is 15.4 Å². The van der Waals surface area contributed by atoms with E-state index in [2.05, 4.69) is 26.2 Å². The minimum atomic E-state index is -0.509. The summed E-state index contributed by atoms with van der Waals surface area (Å²) in [4.78, 5) is 28.2. The number of carbonyl (C=O) groups excluding carboxylic acids is 1. The average molecular weight is 384 g/mol. The first-order chi connectivity index (χ1) is 10.5. The molecule has 0 unspecified atom stereocenters. The van der Waals surface area contributed by atoms with E-state index in [0.717, 1.165) is 0 Å². The monoisotopic (exact) mass is 383 g/mol. The molecule has 2 heterocycles. The molecule has 114 valence electrons. The molecule has 0 aliphatic carbocycles. The van der Waals surface area contributed by atoms with E-state index in [1.165, 1.54) is 40.7 Å². The molecule has 3 rings (SSSR count). The van der Waals surface area contributed by atoms with Crippen molar-refractivity contribution in [2.75, 3.05) is 11.1 Å². The Balaban J connectivity index is 1.77. The van der Waals surface area contributed by atoms with Gasteiger partial charge in [0.1, 0.15) is 5.82 Å². The van der Waals surface area contributed by atoms with Gasteiger partial charge < -0.3 is 5.32 Å². The maximum absolute atomic E-state index is 13.8. The smallest absolute Gasteiger partial charge is 0.254 e. The molecule has 8 heteroatoms. The van der Waals surface area contributed by atoms with Crippen LogP contribution in [-0.2, 0) is 11.3 Å². The van der Waals surface area contributed by atoms with Gasteiger partial charge in [-0.1, -0.05) is 27.7 Å². The number of hydrogen-bond donors (Lipinski definition) is 1. The van der Waals surface area contributed by atoms with Crippen LogP contribution in [0.5, 0.6) is 0 Å². The molecule has 1 aliphatic heterocycles. The molecule has 5 nitrogen and oxygen atoms in total. The van der Waals surface area contributed by atoms with Crippen LogP contribution in [0.3, 0.4) is 0 Å². The molecule has 1 aromatic carbocycles. The summed E-state index contributed by atoms with van der Waals surface area (Å²) in [6, 6.07) is 5.79. The highest BCUT2D eigenvalue weighted by atomic mass is 79.9. The summed E-state index contributed by atoms with van der Waals surface area (Å²) in [7, 11) is 0. The molecule has 0 fully saturated rings. The fraction of sp³-hybridized carbons (Fsp3) is 0.214. The maximum Gasteiger partial charge on any atom is 0.254 e. The lowest BCUT2D eigenvalue weighted by Crippen LogP contribution is -2.36. The molecule has 1 aliphatic rings. The van der Waals surface area contributed by atoms with Gasteiger partial charge >= 0.3 is 0 Å². The summed E-state index contributed by atoms with van der Waals surface area (Å²) < 4.78 is 15.8. The van der Waals surface area contributed by atoms with Crippen molar-refractivity contribution in [1.29, 1.82) is 0 Å². The minimum Gasteiger partial charge on any atom is -0.323 e. The van der Waals surface area contributed by atoms with E-state index in [1.54, 1.807) is 6.07 Å². The van der Waals surface area contributed by atoms with Crippen LogP contribution in [0.25, 0.3) is 0 Å². The van der Waals surface area contributed by atoms with E-state index in [4.69, 9.17) is 0 Å². The number of nitrogens with one attached hydrogen (secondary N) is 1. The lowest BCUT2D eigenvalue weighted by molar-refractivity contribution is -0.119. The molecule has 2 aromatic rings. The summed E-state index contributed by atoms with van der Waals surface area (Å²) in [6.45, 7) is 0.249. The highest BCUT2D eigenvalue weighted by Gasteiger charge is 2.26. The number of hydrogen-bond acceptors (Lipinski definition) is 4. The van der Waals surface area contributed by atoms with Gasteiger partial charge in [0.25, 0.3) is 5.56 Å². The fourth-order valence-electron chi connectivity index (χ4n) is 2.13. The number of benzene rings is 1. The second kappa shape index (κ2) is 6.21. The van der Waals surface area contributed by atoms with Gasteiger partial charge in [-0.2, -0.15) is 0 Å². The van der Waals surface area contributed by atoms with E-state index in [-0.39, 0.29) is 23.7 Å². The molecule has 22 heavy (non-hydrogen) atoms. The van der Waals surface area contributed by atoms with Crippen molar-refractivity contribution >= 4 is 39.3 Å². The quantitative estimate of drug-likeness (QED) is 0.809. The Hall–Kier alpha value is -1.67. The standard InChI is InChI=1S/C14H11BrFN3O2S/c15-9-1-2-11(10(16)5-9)18-13(21)8-6-19-12(20)3-4-17-14(19)22-7-8/h1-5,8H,6-7H2,(H,18,21)/t8-/m0/s1. The minimum absolute atomic E-state index is 0.127. The molecule has 1 N–H and O–H groups in total. The van der Waals surface area contributed by atoms with Gasteiger partial charge in [-0.25, -0.2) is 9.37 Å². The number of halogens is 2. The van der Waals surface area contributed by atoms with Gasteiger partial charge in [0.2, 0.25) is 5.91 Å².